The molecule has 1 amide bonds. The van der Waals surface area contributed by atoms with Gasteiger partial charge in [0.15, 0.2) is 5.75 Å². The fourth-order valence-corrected chi connectivity index (χ4v) is 2.31. The number of nitrogens with zero attached hydrogens (tertiary/aromatic N) is 1. The van der Waals surface area contributed by atoms with Gasteiger partial charge in [-0.3, -0.25) is 10.3 Å². The number of anilines is 1. The average molecular weight is 308 g/mol. The summed E-state index contributed by atoms with van der Waals surface area (Å²) < 4.78 is 10.6. The summed E-state index contributed by atoms with van der Waals surface area (Å²) in [6, 6.07) is 14.7. The molecule has 1 aromatic heterocycles. The monoisotopic (exact) mass is 308 g/mol. The smallest absolute Gasteiger partial charge is 0.417 e. The van der Waals surface area contributed by atoms with E-state index in [1.54, 1.807) is 25.4 Å². The van der Waals surface area contributed by atoms with Crippen molar-refractivity contribution in [1.82, 2.24) is 4.98 Å². The van der Waals surface area contributed by atoms with Crippen LogP contribution < -0.4 is 14.8 Å². The Bertz CT molecular complexity index is 857. The summed E-state index contributed by atoms with van der Waals surface area (Å²) in [5.74, 6) is 0.982. The van der Waals surface area contributed by atoms with E-state index in [-0.39, 0.29) is 0 Å². The Hall–Kier alpha value is -3.08. The number of amides is 1. The van der Waals surface area contributed by atoms with Crippen molar-refractivity contribution in [3.05, 3.63) is 60.3 Å². The van der Waals surface area contributed by atoms with E-state index in [1.165, 1.54) is 0 Å². The lowest BCUT2D eigenvalue weighted by Crippen LogP contribution is -2.17. The number of fused-ring (bicyclic) bond motifs is 1. The molecule has 0 unspecified atom stereocenters. The van der Waals surface area contributed by atoms with Crippen molar-refractivity contribution in [3.8, 4) is 11.5 Å². The molecule has 0 bridgehead atoms. The van der Waals surface area contributed by atoms with E-state index in [0.717, 1.165) is 10.9 Å². The van der Waals surface area contributed by atoms with Crippen molar-refractivity contribution >= 4 is 22.7 Å². The van der Waals surface area contributed by atoms with Crippen molar-refractivity contribution in [2.45, 2.75) is 6.92 Å². The minimum absolute atomic E-state index is 0.409. The number of nitrogens with one attached hydrogen (secondary N) is 1. The van der Waals surface area contributed by atoms with Gasteiger partial charge in [-0.2, -0.15) is 0 Å². The number of aryl methyl sites for hydroxylation is 1. The van der Waals surface area contributed by atoms with Crippen LogP contribution >= 0.6 is 0 Å². The van der Waals surface area contributed by atoms with E-state index in [4.69, 9.17) is 9.47 Å². The van der Waals surface area contributed by atoms with E-state index < -0.39 is 6.09 Å². The Balaban J connectivity index is 1.83. The van der Waals surface area contributed by atoms with Gasteiger partial charge in [0, 0.05) is 11.6 Å². The predicted octanol–water partition coefficient (Wildman–Crippen LogP) is 4.16. The molecule has 23 heavy (non-hydrogen) atoms. The lowest BCUT2D eigenvalue weighted by Gasteiger charge is -2.12. The molecule has 3 aromatic rings. The first kappa shape index (κ1) is 14.8. The third kappa shape index (κ3) is 3.23. The summed E-state index contributed by atoms with van der Waals surface area (Å²) in [6.07, 6.45) is 1.07. The zero-order valence-corrected chi connectivity index (χ0v) is 12.9. The van der Waals surface area contributed by atoms with E-state index >= 15 is 0 Å². The molecule has 0 spiro atoms. The summed E-state index contributed by atoms with van der Waals surface area (Å²) in [5.41, 5.74) is 2.21. The van der Waals surface area contributed by atoms with Crippen LogP contribution in [-0.4, -0.2) is 18.2 Å². The van der Waals surface area contributed by atoms with Gasteiger partial charge in [-0.05, 0) is 36.8 Å². The van der Waals surface area contributed by atoms with Gasteiger partial charge in [-0.1, -0.05) is 24.3 Å². The number of para-hydroxylation sites is 1. The number of rotatable bonds is 3. The van der Waals surface area contributed by atoms with Crippen LogP contribution in [-0.2, 0) is 0 Å². The first-order valence-corrected chi connectivity index (χ1v) is 7.14. The van der Waals surface area contributed by atoms with Crippen molar-refractivity contribution < 1.29 is 14.3 Å². The van der Waals surface area contributed by atoms with Gasteiger partial charge in [-0.25, -0.2) is 4.79 Å². The highest BCUT2D eigenvalue weighted by atomic mass is 16.6. The second-order valence-corrected chi connectivity index (χ2v) is 5.05. The number of pyridine rings is 1. The summed E-state index contributed by atoms with van der Waals surface area (Å²) in [6.45, 7) is 1.94. The maximum atomic E-state index is 12.2. The molecule has 0 aliphatic heterocycles. The summed E-state index contributed by atoms with van der Waals surface area (Å²) in [5, 5.41) is 3.61. The summed E-state index contributed by atoms with van der Waals surface area (Å²) in [4.78, 5) is 16.4. The van der Waals surface area contributed by atoms with Gasteiger partial charge in [0.2, 0.25) is 0 Å². The molecule has 0 saturated heterocycles. The maximum absolute atomic E-state index is 12.2. The lowest BCUT2D eigenvalue weighted by molar-refractivity contribution is 0.215. The average Bonchev–Trinajstić information content (AvgIpc) is 2.55. The minimum atomic E-state index is -0.591. The first-order valence-electron chi connectivity index (χ1n) is 7.14. The number of aromatic nitrogens is 1. The highest BCUT2D eigenvalue weighted by Gasteiger charge is 2.12. The molecule has 0 radical (unpaired) electrons. The van der Waals surface area contributed by atoms with Gasteiger partial charge < -0.3 is 9.47 Å². The molecule has 0 aliphatic rings. The number of hydrogen-bond donors (Lipinski definition) is 1. The molecule has 1 heterocycles. The van der Waals surface area contributed by atoms with Crippen molar-refractivity contribution in [3.63, 3.8) is 0 Å². The normalized spacial score (nSPS) is 10.3. The second-order valence-electron chi connectivity index (χ2n) is 5.05. The Morgan fingerprint density at radius 3 is 2.74 bits per heavy atom. The molecule has 0 atom stereocenters. The molecule has 1 N–H and O–H groups in total. The standard InChI is InChI=1S/C18H16N2O3/c1-12-8-9-15(22-2)14(11-12)20-18(21)23-16-7-3-5-13-6-4-10-19-17(13)16/h3-11H,1-2H3,(H,20,21). The molecule has 3 rings (SSSR count). The predicted molar refractivity (Wildman–Crippen MR) is 89.1 cm³/mol. The minimum Gasteiger partial charge on any atom is -0.495 e. The Morgan fingerprint density at radius 1 is 1.09 bits per heavy atom. The van der Waals surface area contributed by atoms with E-state index in [2.05, 4.69) is 10.3 Å². The quantitative estimate of drug-likeness (QED) is 0.789. The zero-order valence-electron chi connectivity index (χ0n) is 12.9. The number of carbonyl (C=O) groups is 1. The van der Waals surface area contributed by atoms with E-state index in [1.807, 2.05) is 43.3 Å². The number of ether oxygens (including phenoxy) is 2. The molecule has 116 valence electrons. The Kier molecular flexibility index (Phi) is 4.10. The highest BCUT2D eigenvalue weighted by Crippen LogP contribution is 2.27. The van der Waals surface area contributed by atoms with Gasteiger partial charge in [-0.15, -0.1) is 0 Å². The first-order chi connectivity index (χ1) is 11.2. The van der Waals surface area contributed by atoms with Crippen LogP contribution in [0.1, 0.15) is 5.56 Å². The molecule has 5 heteroatoms. The number of hydrogen-bond acceptors (Lipinski definition) is 4. The van der Waals surface area contributed by atoms with Crippen molar-refractivity contribution in [2.24, 2.45) is 0 Å². The van der Waals surface area contributed by atoms with Gasteiger partial charge in [0.25, 0.3) is 0 Å². The molecule has 0 saturated carbocycles. The Morgan fingerprint density at radius 2 is 1.91 bits per heavy atom. The number of benzene rings is 2. The van der Waals surface area contributed by atoms with Crippen LogP contribution in [0.25, 0.3) is 10.9 Å². The van der Waals surface area contributed by atoms with Gasteiger partial charge >= 0.3 is 6.09 Å². The third-order valence-electron chi connectivity index (χ3n) is 3.39. The van der Waals surface area contributed by atoms with E-state index in [9.17, 15) is 4.79 Å². The number of methoxy groups -OCH3 is 1. The molecular formula is C18H16N2O3. The molecule has 2 aromatic carbocycles. The van der Waals surface area contributed by atoms with E-state index in [0.29, 0.717) is 22.7 Å². The second kappa shape index (κ2) is 6.36. The van der Waals surface area contributed by atoms with Crippen LogP contribution in [0.4, 0.5) is 10.5 Å². The zero-order chi connectivity index (χ0) is 16.2. The summed E-state index contributed by atoms with van der Waals surface area (Å²) >= 11 is 0. The Labute approximate surface area is 133 Å². The van der Waals surface area contributed by atoms with Crippen molar-refractivity contribution in [1.29, 1.82) is 0 Å². The SMILES string of the molecule is COc1ccc(C)cc1NC(=O)Oc1cccc2cccnc12. The highest BCUT2D eigenvalue weighted by molar-refractivity contribution is 5.92. The van der Waals surface area contributed by atoms with Crippen LogP contribution in [0.2, 0.25) is 0 Å². The third-order valence-corrected chi connectivity index (χ3v) is 3.39. The fraction of sp³-hybridized carbons (Fsp3) is 0.111. The number of carbonyl (C=O) groups excluding carboxylic acids is 1. The summed E-state index contributed by atoms with van der Waals surface area (Å²) in [7, 11) is 1.55. The largest absolute Gasteiger partial charge is 0.495 e. The molecule has 5 nitrogen and oxygen atoms in total. The fourth-order valence-electron chi connectivity index (χ4n) is 2.31. The maximum Gasteiger partial charge on any atom is 0.417 e. The topological polar surface area (TPSA) is 60.5 Å². The van der Waals surface area contributed by atoms with Crippen LogP contribution in [0, 0.1) is 6.92 Å². The lowest BCUT2D eigenvalue weighted by atomic mass is 10.2. The van der Waals surface area contributed by atoms with Crippen LogP contribution in [0.5, 0.6) is 11.5 Å². The van der Waals surface area contributed by atoms with Crippen LogP contribution in [0.3, 0.4) is 0 Å². The molecule has 0 aliphatic carbocycles. The van der Waals surface area contributed by atoms with Crippen molar-refractivity contribution in [2.75, 3.05) is 12.4 Å². The van der Waals surface area contributed by atoms with Gasteiger partial charge in [0.05, 0.1) is 12.8 Å². The van der Waals surface area contributed by atoms with Crippen LogP contribution in [0.15, 0.2) is 54.7 Å². The molecular weight excluding hydrogens is 292 g/mol. The molecule has 0 fully saturated rings. The van der Waals surface area contributed by atoms with Gasteiger partial charge in [0.1, 0.15) is 11.3 Å².